The molecule has 40 heavy (non-hydrogen) atoms. The number of anilines is 1. The second-order valence-electron chi connectivity index (χ2n) is 10.0. The van der Waals surface area contributed by atoms with Crippen molar-refractivity contribution in [2.45, 2.75) is 70.8 Å². The monoisotopic (exact) mass is 578 g/mol. The number of rotatable bonds is 9. The van der Waals surface area contributed by atoms with Crippen molar-refractivity contribution < 1.29 is 19.1 Å². The molecule has 210 valence electrons. The van der Waals surface area contributed by atoms with Crippen LogP contribution in [0.2, 0.25) is 0 Å². The van der Waals surface area contributed by atoms with Crippen molar-refractivity contribution in [2.75, 3.05) is 12.4 Å². The molecule has 1 saturated carbocycles. The topological polar surface area (TPSA) is 93.1 Å². The number of amides is 2. The molecule has 1 fully saturated rings. The first-order valence-corrected chi connectivity index (χ1v) is 15.3. The highest BCUT2D eigenvalue weighted by Crippen LogP contribution is 2.36. The molecule has 1 aliphatic heterocycles. The van der Waals surface area contributed by atoms with Gasteiger partial charge in [0, 0.05) is 11.3 Å². The number of ether oxygens (including phenoxy) is 2. The second-order valence-corrected chi connectivity index (χ2v) is 12.4. The van der Waals surface area contributed by atoms with Crippen LogP contribution < -0.4 is 14.8 Å². The molecule has 0 bridgehead atoms. The molecule has 10 heteroatoms. The van der Waals surface area contributed by atoms with E-state index in [0.717, 1.165) is 52.6 Å². The van der Waals surface area contributed by atoms with Crippen LogP contribution in [-0.4, -0.2) is 45.3 Å². The lowest BCUT2D eigenvalue weighted by molar-refractivity contribution is 0.102. The number of hydrogen-bond acceptors (Lipinski definition) is 8. The van der Waals surface area contributed by atoms with Gasteiger partial charge in [-0.2, -0.15) is 5.10 Å². The molecular formula is C30H34N4O4S2. The highest BCUT2D eigenvalue weighted by molar-refractivity contribution is 8.14. The van der Waals surface area contributed by atoms with E-state index >= 15 is 0 Å². The minimum Gasteiger partial charge on any atom is -0.493 e. The van der Waals surface area contributed by atoms with Crippen LogP contribution in [-0.2, 0) is 6.54 Å². The molecule has 1 atom stereocenters. The smallest absolute Gasteiger partial charge is 0.302 e. The van der Waals surface area contributed by atoms with Crippen LogP contribution in [0.15, 0.2) is 47.6 Å². The summed E-state index contributed by atoms with van der Waals surface area (Å²) in [6, 6.07) is 13.4. The molecule has 1 aliphatic carbocycles. The van der Waals surface area contributed by atoms with Gasteiger partial charge in [-0.15, -0.1) is 11.3 Å². The second kappa shape index (κ2) is 12.4. The lowest BCUT2D eigenvalue weighted by atomic mass is 10.0. The van der Waals surface area contributed by atoms with Crippen LogP contribution in [0.3, 0.4) is 0 Å². The summed E-state index contributed by atoms with van der Waals surface area (Å²) < 4.78 is 11.9. The summed E-state index contributed by atoms with van der Waals surface area (Å²) in [7, 11) is 1.65. The van der Waals surface area contributed by atoms with Gasteiger partial charge in [0.1, 0.15) is 4.88 Å². The molecule has 1 unspecified atom stereocenters. The van der Waals surface area contributed by atoms with Crippen molar-refractivity contribution in [1.29, 1.82) is 0 Å². The summed E-state index contributed by atoms with van der Waals surface area (Å²) in [6.07, 6.45) is 5.46. The molecule has 2 aliphatic rings. The highest BCUT2D eigenvalue weighted by atomic mass is 32.2. The Morgan fingerprint density at radius 2 is 1.85 bits per heavy atom. The van der Waals surface area contributed by atoms with E-state index in [1.54, 1.807) is 7.11 Å². The Bertz CT molecular complexity index is 1410. The van der Waals surface area contributed by atoms with Crippen molar-refractivity contribution >= 4 is 45.6 Å². The van der Waals surface area contributed by atoms with Gasteiger partial charge in [-0.05, 0) is 81.8 Å². The zero-order valence-corrected chi connectivity index (χ0v) is 24.9. The third kappa shape index (κ3) is 6.33. The number of hydrogen-bond donors (Lipinski definition) is 1. The van der Waals surface area contributed by atoms with Gasteiger partial charge in [0.15, 0.2) is 11.5 Å². The number of benzene rings is 2. The van der Waals surface area contributed by atoms with Gasteiger partial charge in [0.25, 0.3) is 5.91 Å². The van der Waals surface area contributed by atoms with E-state index in [9.17, 15) is 9.59 Å². The molecule has 2 amide bonds. The zero-order valence-electron chi connectivity index (χ0n) is 23.2. The van der Waals surface area contributed by atoms with E-state index in [1.165, 1.54) is 40.9 Å². The van der Waals surface area contributed by atoms with Gasteiger partial charge in [0.2, 0.25) is 0 Å². The molecule has 8 nitrogen and oxygen atoms in total. The van der Waals surface area contributed by atoms with E-state index in [1.807, 2.05) is 56.3 Å². The number of nitrogens with one attached hydrogen (secondary N) is 1. The average molecular weight is 579 g/mol. The lowest BCUT2D eigenvalue weighted by Gasteiger charge is -2.29. The van der Waals surface area contributed by atoms with Crippen LogP contribution >= 0.6 is 23.1 Å². The van der Waals surface area contributed by atoms with E-state index in [4.69, 9.17) is 14.6 Å². The summed E-state index contributed by atoms with van der Waals surface area (Å²) >= 11 is 2.68. The van der Waals surface area contributed by atoms with Gasteiger partial charge in [0.05, 0.1) is 41.4 Å². The number of nitrogens with zero attached hydrogens (tertiary/aromatic N) is 3. The quantitative estimate of drug-likeness (QED) is 0.289. The van der Waals surface area contributed by atoms with E-state index in [-0.39, 0.29) is 22.5 Å². The van der Waals surface area contributed by atoms with Crippen LogP contribution in [0.25, 0.3) is 0 Å². The molecule has 3 aromatic rings. The van der Waals surface area contributed by atoms with Crippen LogP contribution in [0.4, 0.5) is 10.5 Å². The van der Waals surface area contributed by atoms with Gasteiger partial charge in [-0.3, -0.25) is 9.59 Å². The van der Waals surface area contributed by atoms with Crippen molar-refractivity contribution in [1.82, 2.24) is 9.99 Å². The number of hydrazone groups is 1. The summed E-state index contributed by atoms with van der Waals surface area (Å²) in [5.41, 5.74) is 4.10. The van der Waals surface area contributed by atoms with E-state index in [0.29, 0.717) is 22.9 Å². The normalized spacial score (nSPS) is 17.6. The fraction of sp³-hybridized carbons (Fsp3) is 0.400. The van der Waals surface area contributed by atoms with Crippen LogP contribution in [0.1, 0.15) is 70.5 Å². The first-order valence-electron chi connectivity index (χ1n) is 13.6. The van der Waals surface area contributed by atoms with Crippen LogP contribution in [0, 0.1) is 13.8 Å². The Morgan fingerprint density at radius 3 is 2.50 bits per heavy atom. The Hall–Kier alpha value is -3.37. The summed E-state index contributed by atoms with van der Waals surface area (Å²) in [5.74, 6) is 1.25. The number of methoxy groups -OCH3 is 1. The third-order valence-electron chi connectivity index (χ3n) is 7.07. The fourth-order valence-electron chi connectivity index (χ4n) is 5.00. The SMILES string of the molecule is CCC1SC(=O)N(Cc2ccc(NC(=O)c3sc(C)nc3C)cc2)N=C1c1ccc(OC)c(OC2CCCC2)c1. The predicted molar refractivity (Wildman–Crippen MR) is 161 cm³/mol. The highest BCUT2D eigenvalue weighted by Gasteiger charge is 2.31. The maximum atomic E-state index is 13.0. The third-order valence-corrected chi connectivity index (χ3v) is 9.39. The van der Waals surface area contributed by atoms with Crippen molar-refractivity contribution in [3.05, 3.63) is 69.2 Å². The van der Waals surface area contributed by atoms with Crippen LogP contribution in [0.5, 0.6) is 11.5 Å². The van der Waals surface area contributed by atoms with Gasteiger partial charge in [-0.25, -0.2) is 9.99 Å². The van der Waals surface area contributed by atoms with Gasteiger partial charge < -0.3 is 14.8 Å². The predicted octanol–water partition coefficient (Wildman–Crippen LogP) is 7.19. The number of aromatic nitrogens is 1. The molecule has 0 spiro atoms. The number of carbonyl (C=O) groups excluding carboxylic acids is 2. The van der Waals surface area contributed by atoms with Crippen molar-refractivity contribution in [3.63, 3.8) is 0 Å². The molecule has 2 aromatic carbocycles. The lowest BCUT2D eigenvalue weighted by Crippen LogP contribution is -2.34. The molecule has 5 rings (SSSR count). The average Bonchev–Trinajstić information content (AvgIpc) is 3.59. The van der Waals surface area contributed by atoms with E-state index in [2.05, 4.69) is 17.2 Å². The van der Waals surface area contributed by atoms with E-state index < -0.39 is 0 Å². The molecule has 0 radical (unpaired) electrons. The zero-order chi connectivity index (χ0) is 28.2. The Kier molecular flexibility index (Phi) is 8.75. The molecule has 1 N–H and O–H groups in total. The maximum absolute atomic E-state index is 13.0. The summed E-state index contributed by atoms with van der Waals surface area (Å²) in [6.45, 7) is 6.12. The molecule has 0 saturated heterocycles. The van der Waals surface area contributed by atoms with Crippen molar-refractivity contribution in [2.24, 2.45) is 5.10 Å². The minimum atomic E-state index is -0.172. The van der Waals surface area contributed by atoms with Gasteiger partial charge >= 0.3 is 5.24 Å². The number of carbonyl (C=O) groups is 2. The fourth-order valence-corrected chi connectivity index (χ4v) is 6.75. The number of aryl methyl sites for hydroxylation is 2. The first kappa shape index (κ1) is 28.2. The number of thiazole rings is 1. The molecular weight excluding hydrogens is 544 g/mol. The standard InChI is InChI=1S/C30H34N4O4S2/c1-5-26-27(21-12-15-24(37-4)25(16-21)38-23-8-6-7-9-23)33-34(30(36)40-26)17-20-10-13-22(14-11-20)32-29(35)28-18(2)31-19(3)39-28/h10-16,23,26H,5-9,17H2,1-4H3,(H,32,35). The molecule has 1 aromatic heterocycles. The summed E-state index contributed by atoms with van der Waals surface area (Å²) in [5, 5.41) is 10.0. The maximum Gasteiger partial charge on any atom is 0.302 e. The first-order chi connectivity index (χ1) is 19.3. The minimum absolute atomic E-state index is 0.0482. The number of thioether (sulfide) groups is 1. The Balaban J connectivity index is 1.33. The summed E-state index contributed by atoms with van der Waals surface area (Å²) in [4.78, 5) is 30.6. The Morgan fingerprint density at radius 1 is 1.10 bits per heavy atom. The van der Waals surface area contributed by atoms with Gasteiger partial charge in [-0.1, -0.05) is 30.8 Å². The molecule has 2 heterocycles. The Labute approximate surface area is 243 Å². The van der Waals surface area contributed by atoms with Crippen molar-refractivity contribution in [3.8, 4) is 11.5 Å². The largest absolute Gasteiger partial charge is 0.493 e.